The Balaban J connectivity index is 1.77. The summed E-state index contributed by atoms with van der Waals surface area (Å²) in [6.07, 6.45) is 4.04. The summed E-state index contributed by atoms with van der Waals surface area (Å²) in [7, 11) is 0. The molecule has 0 bridgehead atoms. The Morgan fingerprint density at radius 1 is 1.20 bits per heavy atom. The molecule has 2 aromatic carbocycles. The Bertz CT molecular complexity index is 1230. The number of aliphatic carboxylic acids is 1. The van der Waals surface area contributed by atoms with Crippen molar-refractivity contribution < 1.29 is 24.2 Å². The van der Waals surface area contributed by atoms with Gasteiger partial charge in [-0.2, -0.15) is 0 Å². The number of hydrogen-bond donors (Lipinski definition) is 2. The molecule has 0 atom stereocenters. The molecular weight excluding hydrogens is 402 g/mol. The minimum atomic E-state index is -0.999. The summed E-state index contributed by atoms with van der Waals surface area (Å²) in [5.74, 6) is 1.23. The number of aromatic nitrogens is 1. The van der Waals surface area contributed by atoms with E-state index < -0.39 is 5.97 Å². The number of phenolic OH excluding ortho intramolecular Hbond substituents is 1. The molecule has 6 nitrogen and oxygen atoms in total. The highest BCUT2D eigenvalue weighted by Gasteiger charge is 2.23. The molecule has 0 saturated heterocycles. The fourth-order valence-corrected chi connectivity index (χ4v) is 4.24. The molecule has 2 heterocycles. The molecule has 152 valence electrons. The molecule has 0 aliphatic rings. The van der Waals surface area contributed by atoms with Gasteiger partial charge in [-0.05, 0) is 47.9 Å². The first-order chi connectivity index (χ1) is 14.4. The second kappa shape index (κ2) is 8.04. The minimum absolute atomic E-state index is 0.172. The average molecular weight is 421 g/mol. The lowest BCUT2D eigenvalue weighted by atomic mass is 10.1. The van der Waals surface area contributed by atoms with Crippen molar-refractivity contribution in [2.75, 3.05) is 0 Å². The smallest absolute Gasteiger partial charge is 0.328 e. The van der Waals surface area contributed by atoms with Gasteiger partial charge in [-0.1, -0.05) is 26.0 Å². The predicted molar refractivity (Wildman–Crippen MR) is 116 cm³/mol. The van der Waals surface area contributed by atoms with Crippen LogP contribution in [0.3, 0.4) is 0 Å². The Morgan fingerprint density at radius 2 is 1.97 bits per heavy atom. The van der Waals surface area contributed by atoms with Crippen LogP contribution in [0.25, 0.3) is 26.8 Å². The molecule has 30 heavy (non-hydrogen) atoms. The quantitative estimate of drug-likeness (QED) is 0.356. The van der Waals surface area contributed by atoms with Crippen molar-refractivity contribution in [1.29, 1.82) is 0 Å². The fourth-order valence-electron chi connectivity index (χ4n) is 3.08. The molecule has 7 heteroatoms. The third-order valence-electron chi connectivity index (χ3n) is 4.49. The topological polar surface area (TPSA) is 92.8 Å². The standard InChI is InChI=1S/C23H19NO5S/c1-13(2)20-22(28-12-24-20)23-21(17-9-6-15(25)11-18(17)30-23)29-16-7-3-14(4-8-16)5-10-19(26)27/h3-13,25H,1-2H3,(H,26,27)/b10-5+. The zero-order valence-electron chi connectivity index (χ0n) is 16.3. The van der Waals surface area contributed by atoms with Gasteiger partial charge >= 0.3 is 5.97 Å². The van der Waals surface area contributed by atoms with Crippen LogP contribution < -0.4 is 4.74 Å². The van der Waals surface area contributed by atoms with Crippen LogP contribution in [0, 0.1) is 0 Å². The lowest BCUT2D eigenvalue weighted by Crippen LogP contribution is -1.91. The molecule has 0 unspecified atom stereocenters. The van der Waals surface area contributed by atoms with Gasteiger partial charge in [-0.3, -0.25) is 0 Å². The summed E-state index contributed by atoms with van der Waals surface area (Å²) in [6, 6.07) is 12.2. The lowest BCUT2D eigenvalue weighted by Gasteiger charge is -2.09. The van der Waals surface area contributed by atoms with E-state index >= 15 is 0 Å². The van der Waals surface area contributed by atoms with Gasteiger partial charge in [-0.25, -0.2) is 9.78 Å². The summed E-state index contributed by atoms with van der Waals surface area (Å²) >= 11 is 1.47. The molecular formula is C23H19NO5S. The molecule has 0 aliphatic carbocycles. The van der Waals surface area contributed by atoms with Crippen molar-refractivity contribution >= 4 is 33.5 Å². The van der Waals surface area contributed by atoms with Crippen molar-refractivity contribution in [3.05, 3.63) is 66.2 Å². The van der Waals surface area contributed by atoms with Crippen molar-refractivity contribution in [3.63, 3.8) is 0 Å². The first-order valence-electron chi connectivity index (χ1n) is 9.30. The van der Waals surface area contributed by atoms with Gasteiger partial charge < -0.3 is 19.4 Å². The third kappa shape index (κ3) is 3.92. The van der Waals surface area contributed by atoms with Crippen LogP contribution in [0.1, 0.15) is 31.0 Å². The highest BCUT2D eigenvalue weighted by Crippen LogP contribution is 2.48. The van der Waals surface area contributed by atoms with Gasteiger partial charge in [-0.15, -0.1) is 11.3 Å². The van der Waals surface area contributed by atoms with Gasteiger partial charge in [0.15, 0.2) is 17.9 Å². The SMILES string of the molecule is CC(C)c1ncoc1-c1sc2cc(O)ccc2c1Oc1ccc(/C=C/C(=O)O)cc1. The number of rotatable bonds is 6. The molecule has 0 amide bonds. The summed E-state index contributed by atoms with van der Waals surface area (Å²) < 4.78 is 12.8. The fraction of sp³-hybridized carbons (Fsp3) is 0.130. The Kier molecular flexibility index (Phi) is 5.29. The summed E-state index contributed by atoms with van der Waals surface area (Å²) in [5.41, 5.74) is 1.59. The number of hydrogen-bond acceptors (Lipinski definition) is 6. The van der Waals surface area contributed by atoms with Crippen LogP contribution >= 0.6 is 11.3 Å². The molecule has 0 saturated carbocycles. The Morgan fingerprint density at radius 3 is 2.67 bits per heavy atom. The second-order valence-corrected chi connectivity index (χ2v) is 8.06. The van der Waals surface area contributed by atoms with Crippen LogP contribution in [-0.2, 0) is 4.79 Å². The van der Waals surface area contributed by atoms with Gasteiger partial charge in [0, 0.05) is 16.2 Å². The van der Waals surface area contributed by atoms with Crippen LogP contribution in [0.4, 0.5) is 0 Å². The molecule has 0 aliphatic heterocycles. The average Bonchev–Trinajstić information content (AvgIpc) is 3.32. The van der Waals surface area contributed by atoms with Crippen molar-refractivity contribution in [1.82, 2.24) is 4.98 Å². The number of fused-ring (bicyclic) bond motifs is 1. The summed E-state index contributed by atoms with van der Waals surface area (Å²) in [5, 5.41) is 19.5. The molecule has 0 fully saturated rings. The molecule has 4 aromatic rings. The van der Waals surface area contributed by atoms with E-state index in [0.29, 0.717) is 17.3 Å². The van der Waals surface area contributed by atoms with E-state index in [-0.39, 0.29) is 11.7 Å². The Labute approximate surface area is 176 Å². The van der Waals surface area contributed by atoms with Crippen molar-refractivity contribution in [3.8, 4) is 27.9 Å². The maximum atomic E-state index is 10.7. The second-order valence-electron chi connectivity index (χ2n) is 7.00. The van der Waals surface area contributed by atoms with E-state index in [0.717, 1.165) is 32.3 Å². The van der Waals surface area contributed by atoms with Crippen LogP contribution in [0.5, 0.6) is 17.2 Å². The number of thiophene rings is 1. The third-order valence-corrected chi connectivity index (χ3v) is 5.63. The maximum Gasteiger partial charge on any atom is 0.328 e. The first-order valence-corrected chi connectivity index (χ1v) is 10.1. The number of nitrogens with zero attached hydrogens (tertiary/aromatic N) is 1. The summed E-state index contributed by atoms with van der Waals surface area (Å²) in [6.45, 7) is 4.09. The number of carboxylic acid groups (broad SMARTS) is 1. The maximum absolute atomic E-state index is 10.7. The largest absolute Gasteiger partial charge is 0.508 e. The van der Waals surface area contributed by atoms with Gasteiger partial charge in [0.05, 0.1) is 5.69 Å². The number of aromatic hydroxyl groups is 1. The molecule has 0 spiro atoms. The van der Waals surface area contributed by atoms with E-state index in [1.165, 1.54) is 23.8 Å². The zero-order valence-corrected chi connectivity index (χ0v) is 17.1. The van der Waals surface area contributed by atoms with E-state index in [1.807, 2.05) is 19.9 Å². The van der Waals surface area contributed by atoms with Crippen molar-refractivity contribution in [2.45, 2.75) is 19.8 Å². The number of benzene rings is 2. The molecule has 2 N–H and O–H groups in total. The lowest BCUT2D eigenvalue weighted by molar-refractivity contribution is -0.131. The summed E-state index contributed by atoms with van der Waals surface area (Å²) in [4.78, 5) is 15.8. The molecule has 2 aromatic heterocycles. The van der Waals surface area contributed by atoms with Crippen molar-refractivity contribution in [2.24, 2.45) is 0 Å². The number of ether oxygens (including phenoxy) is 1. The monoisotopic (exact) mass is 421 g/mol. The number of carbonyl (C=O) groups is 1. The van der Waals surface area contributed by atoms with E-state index in [2.05, 4.69) is 4.98 Å². The highest BCUT2D eigenvalue weighted by atomic mass is 32.1. The van der Waals surface area contributed by atoms with Crippen LogP contribution in [-0.4, -0.2) is 21.2 Å². The number of phenols is 1. The van der Waals surface area contributed by atoms with E-state index in [1.54, 1.807) is 36.4 Å². The first kappa shape index (κ1) is 19.7. The number of oxazole rings is 1. The van der Waals surface area contributed by atoms with Gasteiger partial charge in [0.1, 0.15) is 16.4 Å². The normalized spacial score (nSPS) is 11.6. The van der Waals surface area contributed by atoms with Crippen LogP contribution in [0.15, 0.2) is 59.4 Å². The van der Waals surface area contributed by atoms with Gasteiger partial charge in [0.2, 0.25) is 0 Å². The molecule has 4 rings (SSSR count). The predicted octanol–water partition coefficient (Wildman–Crippen LogP) is 6.28. The van der Waals surface area contributed by atoms with Gasteiger partial charge in [0.25, 0.3) is 0 Å². The molecule has 0 radical (unpaired) electrons. The van der Waals surface area contributed by atoms with E-state index in [4.69, 9.17) is 14.3 Å². The highest BCUT2D eigenvalue weighted by molar-refractivity contribution is 7.22. The van der Waals surface area contributed by atoms with Crippen LogP contribution in [0.2, 0.25) is 0 Å². The van der Waals surface area contributed by atoms with E-state index in [9.17, 15) is 9.90 Å². The zero-order chi connectivity index (χ0) is 21.3. The Hall–Kier alpha value is -3.58. The number of carboxylic acids is 1. The minimum Gasteiger partial charge on any atom is -0.508 e.